The zero-order valence-corrected chi connectivity index (χ0v) is 9.52. The number of rotatable bonds is 1. The highest BCUT2D eigenvalue weighted by molar-refractivity contribution is 14.1. The summed E-state index contributed by atoms with van der Waals surface area (Å²) in [6.07, 6.45) is 0. The Morgan fingerprint density at radius 3 is 2.50 bits per heavy atom. The normalized spacial score (nSPS) is 12.0. The largest absolute Gasteiger partial charge is 0.324 e. The van der Waals surface area contributed by atoms with E-state index in [1.807, 2.05) is 0 Å². The molecule has 0 saturated heterocycles. The minimum atomic E-state index is -0.232. The van der Waals surface area contributed by atoms with Gasteiger partial charge >= 0.3 is 0 Å². The highest BCUT2D eigenvalue weighted by Gasteiger charge is 2.05. The SMILES string of the molecule is C[C@H](N)c1cc(I)ccc1F.Cl. The molecule has 0 aliphatic rings. The van der Waals surface area contributed by atoms with E-state index in [1.54, 1.807) is 19.1 Å². The minimum absolute atomic E-state index is 0. The highest BCUT2D eigenvalue weighted by Crippen LogP contribution is 2.17. The van der Waals surface area contributed by atoms with Gasteiger partial charge in [-0.15, -0.1) is 12.4 Å². The Balaban J connectivity index is 0.00000121. The predicted octanol–water partition coefficient (Wildman–Crippen LogP) is 2.87. The molecule has 12 heavy (non-hydrogen) atoms. The molecule has 0 aliphatic heterocycles. The molecular weight excluding hydrogens is 291 g/mol. The molecule has 1 nitrogen and oxygen atoms in total. The van der Waals surface area contributed by atoms with Crippen molar-refractivity contribution in [3.63, 3.8) is 0 Å². The Morgan fingerprint density at radius 1 is 1.50 bits per heavy atom. The first-order chi connectivity index (χ1) is 5.11. The first-order valence-electron chi connectivity index (χ1n) is 3.32. The second kappa shape index (κ2) is 4.99. The van der Waals surface area contributed by atoms with Crippen molar-refractivity contribution in [2.75, 3.05) is 0 Å². The van der Waals surface area contributed by atoms with Crippen LogP contribution in [0.3, 0.4) is 0 Å². The van der Waals surface area contributed by atoms with Crippen molar-refractivity contribution < 1.29 is 4.39 Å². The van der Waals surface area contributed by atoms with Gasteiger partial charge in [0, 0.05) is 15.2 Å². The predicted molar refractivity (Wildman–Crippen MR) is 59.0 cm³/mol. The molecule has 0 radical (unpaired) electrons. The maximum absolute atomic E-state index is 12.9. The van der Waals surface area contributed by atoms with Gasteiger partial charge in [-0.1, -0.05) is 0 Å². The molecule has 0 amide bonds. The Labute approximate surface area is 91.1 Å². The molecule has 0 unspecified atom stereocenters. The van der Waals surface area contributed by atoms with Gasteiger partial charge in [-0.3, -0.25) is 0 Å². The molecule has 0 aliphatic carbocycles. The van der Waals surface area contributed by atoms with Gasteiger partial charge in [-0.25, -0.2) is 4.39 Å². The van der Waals surface area contributed by atoms with E-state index >= 15 is 0 Å². The van der Waals surface area contributed by atoms with E-state index < -0.39 is 0 Å². The van der Waals surface area contributed by atoms with Crippen LogP contribution in [0.2, 0.25) is 0 Å². The van der Waals surface area contributed by atoms with Crippen LogP contribution in [-0.2, 0) is 0 Å². The van der Waals surface area contributed by atoms with E-state index in [-0.39, 0.29) is 24.3 Å². The zero-order valence-electron chi connectivity index (χ0n) is 6.55. The van der Waals surface area contributed by atoms with Crippen LogP contribution in [0.1, 0.15) is 18.5 Å². The number of benzene rings is 1. The third kappa shape index (κ3) is 2.88. The second-order valence-electron chi connectivity index (χ2n) is 2.45. The van der Waals surface area contributed by atoms with Crippen LogP contribution in [0.15, 0.2) is 18.2 Å². The molecule has 0 fully saturated rings. The molecule has 68 valence electrons. The van der Waals surface area contributed by atoms with Gasteiger partial charge in [0.2, 0.25) is 0 Å². The first-order valence-corrected chi connectivity index (χ1v) is 4.39. The second-order valence-corrected chi connectivity index (χ2v) is 3.70. The van der Waals surface area contributed by atoms with Crippen molar-refractivity contribution in [3.8, 4) is 0 Å². The Morgan fingerprint density at radius 2 is 2.08 bits per heavy atom. The van der Waals surface area contributed by atoms with Crippen molar-refractivity contribution in [3.05, 3.63) is 33.1 Å². The van der Waals surface area contributed by atoms with Crippen LogP contribution in [0.25, 0.3) is 0 Å². The van der Waals surface area contributed by atoms with Crippen molar-refractivity contribution in [1.82, 2.24) is 0 Å². The van der Waals surface area contributed by atoms with E-state index in [2.05, 4.69) is 22.6 Å². The van der Waals surface area contributed by atoms with Gasteiger partial charge in [0.05, 0.1) is 0 Å². The summed E-state index contributed by atoms with van der Waals surface area (Å²) >= 11 is 2.13. The van der Waals surface area contributed by atoms with Crippen LogP contribution in [0.5, 0.6) is 0 Å². The minimum Gasteiger partial charge on any atom is -0.324 e. The van der Waals surface area contributed by atoms with Crippen molar-refractivity contribution in [2.24, 2.45) is 5.73 Å². The van der Waals surface area contributed by atoms with Crippen molar-refractivity contribution >= 4 is 35.0 Å². The average Bonchev–Trinajstić information content (AvgIpc) is 1.94. The van der Waals surface area contributed by atoms with Gasteiger partial charge in [-0.05, 0) is 47.7 Å². The maximum Gasteiger partial charge on any atom is 0.128 e. The Hall–Kier alpha value is 0.130. The molecule has 1 aromatic carbocycles. The summed E-state index contributed by atoms with van der Waals surface area (Å²) < 4.78 is 13.9. The van der Waals surface area contributed by atoms with Crippen LogP contribution >= 0.6 is 35.0 Å². The van der Waals surface area contributed by atoms with E-state index in [9.17, 15) is 4.39 Å². The van der Waals surface area contributed by atoms with Crippen LogP contribution in [-0.4, -0.2) is 0 Å². The molecule has 0 spiro atoms. The van der Waals surface area contributed by atoms with E-state index in [0.717, 1.165) is 3.57 Å². The monoisotopic (exact) mass is 301 g/mol. The average molecular weight is 302 g/mol. The van der Waals surface area contributed by atoms with E-state index in [4.69, 9.17) is 5.73 Å². The molecule has 0 heterocycles. The Bertz CT molecular complexity index is 265. The summed E-state index contributed by atoms with van der Waals surface area (Å²) in [7, 11) is 0. The maximum atomic E-state index is 12.9. The van der Waals surface area contributed by atoms with Crippen LogP contribution in [0, 0.1) is 9.39 Å². The van der Waals surface area contributed by atoms with Crippen LogP contribution in [0.4, 0.5) is 4.39 Å². The van der Waals surface area contributed by atoms with Gasteiger partial charge in [0.15, 0.2) is 0 Å². The number of hydrogen-bond donors (Lipinski definition) is 1. The lowest BCUT2D eigenvalue weighted by Crippen LogP contribution is -2.07. The Kier molecular flexibility index (Phi) is 5.04. The fourth-order valence-corrected chi connectivity index (χ4v) is 1.38. The molecule has 0 aromatic heterocycles. The molecule has 0 saturated carbocycles. The quantitative estimate of drug-likeness (QED) is 0.793. The lowest BCUT2D eigenvalue weighted by molar-refractivity contribution is 0.593. The van der Waals surface area contributed by atoms with Crippen molar-refractivity contribution in [1.29, 1.82) is 0 Å². The van der Waals surface area contributed by atoms with Gasteiger partial charge in [0.1, 0.15) is 5.82 Å². The third-order valence-electron chi connectivity index (χ3n) is 1.45. The molecule has 1 rings (SSSR count). The van der Waals surface area contributed by atoms with Crippen LogP contribution < -0.4 is 5.73 Å². The first kappa shape index (κ1) is 12.1. The molecule has 4 heteroatoms. The summed E-state index contributed by atoms with van der Waals surface area (Å²) in [6, 6.07) is 4.70. The summed E-state index contributed by atoms with van der Waals surface area (Å²) in [4.78, 5) is 0. The summed E-state index contributed by atoms with van der Waals surface area (Å²) in [5, 5.41) is 0. The fourth-order valence-electron chi connectivity index (χ4n) is 0.864. The molecule has 1 aromatic rings. The van der Waals surface area contributed by atoms with Crippen molar-refractivity contribution in [2.45, 2.75) is 13.0 Å². The summed E-state index contributed by atoms with van der Waals surface area (Å²) in [6.45, 7) is 1.77. The van der Waals surface area contributed by atoms with Gasteiger partial charge in [0.25, 0.3) is 0 Å². The standard InChI is InChI=1S/C8H9FIN.ClH/c1-5(11)7-4-6(10)2-3-8(7)9;/h2-5H,11H2,1H3;1H/t5-;/m0./s1. The summed E-state index contributed by atoms with van der Waals surface area (Å²) in [5.41, 5.74) is 6.12. The smallest absolute Gasteiger partial charge is 0.128 e. The van der Waals surface area contributed by atoms with Gasteiger partial charge < -0.3 is 5.73 Å². The van der Waals surface area contributed by atoms with E-state index in [0.29, 0.717) is 5.56 Å². The molecule has 1 atom stereocenters. The number of nitrogens with two attached hydrogens (primary N) is 1. The number of hydrogen-bond acceptors (Lipinski definition) is 1. The fraction of sp³-hybridized carbons (Fsp3) is 0.250. The lowest BCUT2D eigenvalue weighted by Gasteiger charge is -2.06. The molecular formula is C8H10ClFIN. The highest BCUT2D eigenvalue weighted by atomic mass is 127. The lowest BCUT2D eigenvalue weighted by atomic mass is 10.1. The topological polar surface area (TPSA) is 26.0 Å². The zero-order chi connectivity index (χ0) is 8.43. The third-order valence-corrected chi connectivity index (χ3v) is 2.12. The van der Waals surface area contributed by atoms with Gasteiger partial charge in [-0.2, -0.15) is 0 Å². The summed E-state index contributed by atoms with van der Waals surface area (Å²) in [5.74, 6) is -0.222. The molecule has 2 N–H and O–H groups in total. The molecule has 0 bridgehead atoms. The van der Waals surface area contributed by atoms with E-state index in [1.165, 1.54) is 6.07 Å². The number of halogens is 3.